The SMILES string of the molecule is Cc1cc(Nc2ccc3c#cccc3c2)c(Nc2ccc3ccccc3c2)cc1C. The first kappa shape index (κ1) is 18.1. The van der Waals surface area contributed by atoms with E-state index in [2.05, 4.69) is 115 Å². The molecule has 0 spiro atoms. The molecule has 0 amide bonds. The van der Waals surface area contributed by atoms with Gasteiger partial charge in [0.1, 0.15) is 0 Å². The van der Waals surface area contributed by atoms with Crippen LogP contribution in [0.5, 0.6) is 0 Å². The maximum Gasteiger partial charge on any atom is 0.0626 e. The van der Waals surface area contributed by atoms with Crippen LogP contribution >= 0.6 is 0 Å². The van der Waals surface area contributed by atoms with Gasteiger partial charge in [0.25, 0.3) is 0 Å². The van der Waals surface area contributed by atoms with Crippen molar-refractivity contribution in [3.63, 3.8) is 0 Å². The van der Waals surface area contributed by atoms with E-state index in [1.807, 2.05) is 6.07 Å². The number of benzene rings is 4. The van der Waals surface area contributed by atoms with Crippen LogP contribution in [0.2, 0.25) is 0 Å². The molecule has 0 heterocycles. The van der Waals surface area contributed by atoms with Crippen molar-refractivity contribution in [1.82, 2.24) is 0 Å². The van der Waals surface area contributed by atoms with Gasteiger partial charge in [-0.1, -0.05) is 42.5 Å². The van der Waals surface area contributed by atoms with Gasteiger partial charge in [-0.25, -0.2) is 0 Å². The van der Waals surface area contributed by atoms with E-state index in [0.717, 1.165) is 33.5 Å². The summed E-state index contributed by atoms with van der Waals surface area (Å²) in [6.07, 6.45) is 0. The third-order valence-corrected chi connectivity index (χ3v) is 5.55. The Morgan fingerprint density at radius 3 is 1.97 bits per heavy atom. The average molecular weight is 386 g/mol. The third kappa shape index (κ3) is 3.54. The quantitative estimate of drug-likeness (QED) is 0.331. The molecule has 0 aromatic heterocycles. The molecule has 5 rings (SSSR count). The minimum atomic E-state index is 1.05. The lowest BCUT2D eigenvalue weighted by Crippen LogP contribution is -1.99. The summed E-state index contributed by atoms with van der Waals surface area (Å²) in [5.41, 5.74) is 6.74. The Hall–Kier alpha value is -3.96. The van der Waals surface area contributed by atoms with Gasteiger partial charge in [0.05, 0.1) is 11.4 Å². The van der Waals surface area contributed by atoms with Gasteiger partial charge in [-0.2, -0.15) is 0 Å². The number of anilines is 4. The molecule has 5 aromatic carbocycles. The topological polar surface area (TPSA) is 24.1 Å². The Bertz CT molecular complexity index is 1260. The number of aryl methyl sites for hydroxylation is 2. The molecule has 0 atom stereocenters. The molecule has 0 aliphatic rings. The van der Waals surface area contributed by atoms with Crippen LogP contribution in [0.1, 0.15) is 11.1 Å². The Morgan fingerprint density at radius 1 is 0.600 bits per heavy atom. The van der Waals surface area contributed by atoms with Crippen molar-refractivity contribution in [2.24, 2.45) is 0 Å². The first-order valence-electron chi connectivity index (χ1n) is 10.1. The van der Waals surface area contributed by atoms with Gasteiger partial charge < -0.3 is 10.6 Å². The fourth-order valence-corrected chi connectivity index (χ4v) is 3.74. The predicted octanol–water partition coefficient (Wildman–Crippen LogP) is 7.70. The monoisotopic (exact) mass is 386 g/mol. The van der Waals surface area contributed by atoms with Crippen LogP contribution in [0.3, 0.4) is 0 Å². The number of rotatable bonds is 4. The van der Waals surface area contributed by atoms with E-state index in [-0.39, 0.29) is 0 Å². The average Bonchev–Trinajstić information content (AvgIpc) is 2.77. The van der Waals surface area contributed by atoms with Crippen LogP contribution in [0.15, 0.2) is 84.9 Å². The summed E-state index contributed by atoms with van der Waals surface area (Å²) in [5.74, 6) is 0. The molecule has 2 heteroatoms. The van der Waals surface area contributed by atoms with E-state index in [9.17, 15) is 0 Å². The van der Waals surface area contributed by atoms with E-state index in [1.54, 1.807) is 0 Å². The summed E-state index contributed by atoms with van der Waals surface area (Å²) in [6, 6.07) is 35.7. The Labute approximate surface area is 177 Å². The van der Waals surface area contributed by atoms with Crippen LogP contribution in [-0.2, 0) is 0 Å². The number of hydrogen-bond donors (Lipinski definition) is 2. The van der Waals surface area contributed by atoms with Gasteiger partial charge in [0.15, 0.2) is 0 Å². The second kappa shape index (κ2) is 7.46. The van der Waals surface area contributed by atoms with Crippen LogP contribution in [0.25, 0.3) is 21.5 Å². The molecule has 144 valence electrons. The highest BCUT2D eigenvalue weighted by atomic mass is 15.0. The number of fused-ring (bicyclic) bond motifs is 2. The van der Waals surface area contributed by atoms with Crippen molar-refractivity contribution in [3.8, 4) is 0 Å². The first-order valence-corrected chi connectivity index (χ1v) is 10.1. The van der Waals surface area contributed by atoms with Crippen molar-refractivity contribution >= 4 is 44.3 Å². The lowest BCUT2D eigenvalue weighted by molar-refractivity contribution is 1.33. The highest BCUT2D eigenvalue weighted by molar-refractivity contribution is 5.89. The van der Waals surface area contributed by atoms with Crippen LogP contribution in [0, 0.1) is 26.0 Å². The molecule has 2 nitrogen and oxygen atoms in total. The predicted molar refractivity (Wildman–Crippen MR) is 128 cm³/mol. The molecule has 5 aromatic rings. The van der Waals surface area contributed by atoms with Crippen LogP contribution < -0.4 is 10.6 Å². The number of hydrogen-bond acceptors (Lipinski definition) is 2. The second-order valence-electron chi connectivity index (χ2n) is 7.70. The Kier molecular flexibility index (Phi) is 4.50. The van der Waals surface area contributed by atoms with E-state index < -0.39 is 0 Å². The molecule has 0 saturated carbocycles. The van der Waals surface area contributed by atoms with Crippen molar-refractivity contribution in [2.45, 2.75) is 13.8 Å². The zero-order valence-electron chi connectivity index (χ0n) is 17.1. The highest BCUT2D eigenvalue weighted by Crippen LogP contribution is 2.33. The minimum Gasteiger partial charge on any atom is -0.354 e. The van der Waals surface area contributed by atoms with Gasteiger partial charge in [0.2, 0.25) is 0 Å². The molecule has 2 N–H and O–H groups in total. The molecule has 0 aliphatic carbocycles. The van der Waals surface area contributed by atoms with Gasteiger partial charge in [0, 0.05) is 16.8 Å². The lowest BCUT2D eigenvalue weighted by Gasteiger charge is -2.17. The van der Waals surface area contributed by atoms with Crippen LogP contribution in [0.4, 0.5) is 22.7 Å². The number of nitrogens with one attached hydrogen (secondary N) is 2. The molecular weight excluding hydrogens is 364 g/mol. The van der Waals surface area contributed by atoms with Crippen molar-refractivity contribution in [1.29, 1.82) is 0 Å². The van der Waals surface area contributed by atoms with Crippen molar-refractivity contribution in [3.05, 3.63) is 108 Å². The summed E-state index contributed by atoms with van der Waals surface area (Å²) >= 11 is 0. The third-order valence-electron chi connectivity index (χ3n) is 5.55. The van der Waals surface area contributed by atoms with Gasteiger partial charge in [-0.05, 0) is 95.7 Å². The normalized spacial score (nSPS) is 10.7. The van der Waals surface area contributed by atoms with Crippen molar-refractivity contribution < 1.29 is 0 Å². The van der Waals surface area contributed by atoms with Crippen molar-refractivity contribution in [2.75, 3.05) is 10.6 Å². The molecule has 0 radical (unpaired) electrons. The standard InChI is InChI=1S/C28H22N2/c1-19-15-27(29-25-13-11-21-7-3-5-9-23(21)17-25)28(16-20(19)2)30-26-14-12-22-8-4-6-10-24(22)18-26/h3,5-7,9-18,29-30H,1-2H3. The zero-order chi connectivity index (χ0) is 20.5. The summed E-state index contributed by atoms with van der Waals surface area (Å²) in [4.78, 5) is 0. The maximum absolute atomic E-state index is 3.62. The molecular formula is C28H22N2. The highest BCUT2D eigenvalue weighted by Gasteiger charge is 2.08. The minimum absolute atomic E-state index is 1.05. The molecule has 0 bridgehead atoms. The molecule has 30 heavy (non-hydrogen) atoms. The van der Waals surface area contributed by atoms with Crippen LogP contribution in [-0.4, -0.2) is 0 Å². The Balaban J connectivity index is 1.51. The maximum atomic E-state index is 3.62. The van der Waals surface area contributed by atoms with E-state index in [1.165, 1.54) is 21.9 Å². The molecule has 0 saturated heterocycles. The first-order chi connectivity index (χ1) is 14.7. The largest absolute Gasteiger partial charge is 0.354 e. The summed E-state index contributed by atoms with van der Waals surface area (Å²) < 4.78 is 0. The Morgan fingerprint density at radius 2 is 1.23 bits per heavy atom. The fourth-order valence-electron chi connectivity index (χ4n) is 3.74. The lowest BCUT2D eigenvalue weighted by atomic mass is 10.1. The fraction of sp³-hybridized carbons (Fsp3) is 0.0714. The summed E-state index contributed by atoms with van der Waals surface area (Å²) in [7, 11) is 0. The van der Waals surface area contributed by atoms with E-state index in [4.69, 9.17) is 0 Å². The molecule has 0 fully saturated rings. The van der Waals surface area contributed by atoms with Gasteiger partial charge >= 0.3 is 0 Å². The second-order valence-corrected chi connectivity index (χ2v) is 7.70. The van der Waals surface area contributed by atoms with Gasteiger partial charge in [-0.3, -0.25) is 0 Å². The van der Waals surface area contributed by atoms with E-state index >= 15 is 0 Å². The van der Waals surface area contributed by atoms with Gasteiger partial charge in [-0.15, -0.1) is 0 Å². The summed E-state index contributed by atoms with van der Waals surface area (Å²) in [6.45, 7) is 4.29. The summed E-state index contributed by atoms with van der Waals surface area (Å²) in [5, 5.41) is 11.9. The molecule has 0 aliphatic heterocycles. The smallest absolute Gasteiger partial charge is 0.0626 e. The van der Waals surface area contributed by atoms with E-state index in [0.29, 0.717) is 0 Å². The zero-order valence-corrected chi connectivity index (χ0v) is 17.1. The molecule has 0 unspecified atom stereocenters.